The number of nitrogens with one attached hydrogen (secondary N) is 2. The quantitative estimate of drug-likeness (QED) is 0.799. The van der Waals surface area contributed by atoms with Crippen molar-refractivity contribution < 1.29 is 23.9 Å². The van der Waals surface area contributed by atoms with Gasteiger partial charge in [0.1, 0.15) is 6.61 Å². The lowest BCUT2D eigenvalue weighted by molar-refractivity contribution is -0.138. The highest BCUT2D eigenvalue weighted by atomic mass is 16.5. The van der Waals surface area contributed by atoms with Gasteiger partial charge in [0.2, 0.25) is 0 Å². The zero-order chi connectivity index (χ0) is 17.7. The summed E-state index contributed by atoms with van der Waals surface area (Å²) in [6, 6.07) is 4.93. The molecule has 1 heterocycles. The van der Waals surface area contributed by atoms with Gasteiger partial charge in [0.15, 0.2) is 0 Å². The van der Waals surface area contributed by atoms with Crippen molar-refractivity contribution in [3.8, 4) is 0 Å². The number of benzene rings is 1. The fraction of sp³-hybridized carbons (Fsp3) is 0.353. The molecule has 24 heavy (non-hydrogen) atoms. The zero-order valence-corrected chi connectivity index (χ0v) is 13.9. The summed E-state index contributed by atoms with van der Waals surface area (Å²) in [4.78, 5) is 35.6. The average Bonchev–Trinajstić information content (AvgIpc) is 2.52. The number of amides is 2. The molecule has 1 aromatic rings. The van der Waals surface area contributed by atoms with Crippen LogP contribution in [0.4, 0.5) is 4.79 Å². The molecule has 0 atom stereocenters. The molecule has 2 amide bonds. The Morgan fingerprint density at radius 1 is 1.17 bits per heavy atom. The van der Waals surface area contributed by atoms with Crippen LogP contribution in [0.1, 0.15) is 28.4 Å². The Morgan fingerprint density at radius 3 is 2.58 bits per heavy atom. The molecule has 0 radical (unpaired) electrons. The number of hydrogen-bond acceptors (Lipinski definition) is 5. The van der Waals surface area contributed by atoms with Crippen molar-refractivity contribution in [1.82, 2.24) is 10.6 Å². The van der Waals surface area contributed by atoms with E-state index in [-0.39, 0.29) is 31.0 Å². The number of rotatable bonds is 5. The van der Waals surface area contributed by atoms with E-state index < -0.39 is 18.0 Å². The van der Waals surface area contributed by atoms with Crippen molar-refractivity contribution in [3.05, 3.63) is 46.2 Å². The molecular weight excluding hydrogens is 312 g/mol. The lowest BCUT2D eigenvalue weighted by Gasteiger charge is -2.21. The van der Waals surface area contributed by atoms with Gasteiger partial charge in [-0.1, -0.05) is 17.7 Å². The third-order valence-electron chi connectivity index (χ3n) is 3.53. The van der Waals surface area contributed by atoms with Crippen molar-refractivity contribution in [2.45, 2.75) is 20.8 Å². The summed E-state index contributed by atoms with van der Waals surface area (Å²) in [6.07, 6.45) is 0. The molecule has 7 heteroatoms. The number of urea groups is 1. The topological polar surface area (TPSA) is 93.7 Å². The molecule has 1 aliphatic rings. The molecule has 0 bridgehead atoms. The molecule has 0 aromatic heterocycles. The van der Waals surface area contributed by atoms with Crippen LogP contribution in [0.25, 0.3) is 0 Å². The van der Waals surface area contributed by atoms with Gasteiger partial charge in [-0.15, -0.1) is 0 Å². The molecule has 1 aromatic carbocycles. The van der Waals surface area contributed by atoms with Crippen LogP contribution in [0.5, 0.6) is 0 Å². The maximum absolute atomic E-state index is 12.2. The van der Waals surface area contributed by atoms with Crippen LogP contribution >= 0.6 is 0 Å². The van der Waals surface area contributed by atoms with Crippen molar-refractivity contribution in [2.24, 2.45) is 0 Å². The molecular formula is C17H20N2O5. The second-order valence-corrected chi connectivity index (χ2v) is 5.38. The lowest BCUT2D eigenvalue weighted by atomic mass is 10.1. The van der Waals surface area contributed by atoms with Gasteiger partial charge in [-0.05, 0) is 32.4 Å². The van der Waals surface area contributed by atoms with Gasteiger partial charge < -0.3 is 20.1 Å². The van der Waals surface area contributed by atoms with E-state index in [1.807, 2.05) is 26.0 Å². The van der Waals surface area contributed by atoms with Crippen LogP contribution in [0.15, 0.2) is 29.5 Å². The maximum atomic E-state index is 12.2. The summed E-state index contributed by atoms with van der Waals surface area (Å²) in [7, 11) is 0. The van der Waals surface area contributed by atoms with E-state index in [4.69, 9.17) is 9.47 Å². The predicted octanol–water partition coefficient (Wildman–Crippen LogP) is 1.59. The normalized spacial score (nSPS) is 13.9. The molecule has 7 nitrogen and oxygen atoms in total. The first-order valence-electron chi connectivity index (χ1n) is 7.60. The summed E-state index contributed by atoms with van der Waals surface area (Å²) in [6.45, 7) is 5.47. The van der Waals surface area contributed by atoms with Crippen LogP contribution in [0.3, 0.4) is 0 Å². The maximum Gasteiger partial charge on any atom is 0.338 e. The summed E-state index contributed by atoms with van der Waals surface area (Å²) < 4.78 is 10.2. The third-order valence-corrected chi connectivity index (χ3v) is 3.53. The Bertz CT molecular complexity index is 709. The standard InChI is InChI=1S/C17H20N2O5/c1-4-23-16(21)13-8-18-17(22)19-14(13)9-24-15(20)12-6-5-10(2)7-11(12)3/h5-7H,4,8-9H2,1-3H3,(H2,18,19,22). The highest BCUT2D eigenvalue weighted by Gasteiger charge is 2.24. The number of esters is 2. The molecule has 1 aliphatic heterocycles. The van der Waals surface area contributed by atoms with Gasteiger partial charge in [-0.3, -0.25) is 0 Å². The number of ether oxygens (including phenoxy) is 2. The fourth-order valence-electron chi connectivity index (χ4n) is 2.33. The van der Waals surface area contributed by atoms with Gasteiger partial charge in [0, 0.05) is 0 Å². The van der Waals surface area contributed by atoms with Crippen molar-refractivity contribution in [1.29, 1.82) is 0 Å². The summed E-state index contributed by atoms with van der Waals surface area (Å²) in [5, 5.41) is 4.97. The van der Waals surface area contributed by atoms with E-state index in [1.54, 1.807) is 13.0 Å². The monoisotopic (exact) mass is 332 g/mol. The lowest BCUT2D eigenvalue weighted by Crippen LogP contribution is -2.45. The van der Waals surface area contributed by atoms with Gasteiger partial charge in [0.25, 0.3) is 0 Å². The van der Waals surface area contributed by atoms with E-state index in [0.717, 1.165) is 11.1 Å². The Morgan fingerprint density at radius 2 is 1.92 bits per heavy atom. The largest absolute Gasteiger partial charge is 0.463 e. The van der Waals surface area contributed by atoms with Gasteiger partial charge in [-0.25, -0.2) is 14.4 Å². The molecule has 0 spiro atoms. The van der Waals surface area contributed by atoms with Gasteiger partial charge in [-0.2, -0.15) is 0 Å². The fourth-order valence-corrected chi connectivity index (χ4v) is 2.33. The van der Waals surface area contributed by atoms with Crippen LogP contribution < -0.4 is 10.6 Å². The molecule has 2 rings (SSSR count). The first-order chi connectivity index (χ1) is 11.4. The molecule has 2 N–H and O–H groups in total. The second kappa shape index (κ2) is 7.63. The molecule has 0 aliphatic carbocycles. The van der Waals surface area contributed by atoms with Crippen molar-refractivity contribution in [2.75, 3.05) is 19.8 Å². The van der Waals surface area contributed by atoms with Crippen LogP contribution in [0, 0.1) is 13.8 Å². The Hall–Kier alpha value is -2.83. The van der Waals surface area contributed by atoms with Gasteiger partial charge >= 0.3 is 18.0 Å². The number of hydrogen-bond donors (Lipinski definition) is 2. The summed E-state index contributed by atoms with van der Waals surface area (Å²) >= 11 is 0. The smallest absolute Gasteiger partial charge is 0.338 e. The Balaban J connectivity index is 2.13. The van der Waals surface area contributed by atoms with Gasteiger partial charge in [0.05, 0.1) is 30.0 Å². The Kier molecular flexibility index (Phi) is 5.57. The zero-order valence-electron chi connectivity index (χ0n) is 13.9. The van der Waals surface area contributed by atoms with Crippen molar-refractivity contribution in [3.63, 3.8) is 0 Å². The van der Waals surface area contributed by atoms with E-state index in [0.29, 0.717) is 5.56 Å². The van der Waals surface area contributed by atoms with E-state index >= 15 is 0 Å². The van der Waals surface area contributed by atoms with E-state index in [9.17, 15) is 14.4 Å². The van der Waals surface area contributed by atoms with Crippen LogP contribution in [-0.4, -0.2) is 37.7 Å². The highest BCUT2D eigenvalue weighted by Crippen LogP contribution is 2.14. The number of aryl methyl sites for hydroxylation is 2. The molecule has 128 valence electrons. The van der Waals surface area contributed by atoms with E-state index in [1.165, 1.54) is 0 Å². The minimum atomic E-state index is -0.553. The summed E-state index contributed by atoms with van der Waals surface area (Å²) in [5.41, 5.74) is 2.76. The predicted molar refractivity (Wildman–Crippen MR) is 86.4 cm³/mol. The van der Waals surface area contributed by atoms with Crippen LogP contribution in [-0.2, 0) is 14.3 Å². The molecule has 0 fully saturated rings. The molecule has 0 saturated carbocycles. The average molecular weight is 332 g/mol. The second-order valence-electron chi connectivity index (χ2n) is 5.38. The first kappa shape index (κ1) is 17.5. The number of carbonyl (C=O) groups is 3. The molecule has 0 unspecified atom stereocenters. The van der Waals surface area contributed by atoms with Crippen molar-refractivity contribution >= 4 is 18.0 Å². The Labute approximate surface area is 140 Å². The minimum absolute atomic E-state index is 0.0289. The number of carbonyl (C=O) groups excluding carboxylic acids is 3. The van der Waals surface area contributed by atoms with E-state index in [2.05, 4.69) is 10.6 Å². The first-order valence-corrected chi connectivity index (χ1v) is 7.60. The van der Waals surface area contributed by atoms with Crippen LogP contribution in [0.2, 0.25) is 0 Å². The minimum Gasteiger partial charge on any atom is -0.463 e. The molecule has 0 saturated heterocycles. The SMILES string of the molecule is CCOC(=O)C1=C(COC(=O)c2ccc(C)cc2C)NC(=O)NC1. The highest BCUT2D eigenvalue weighted by molar-refractivity contribution is 5.94. The summed E-state index contributed by atoms with van der Waals surface area (Å²) in [5.74, 6) is -1.07. The third kappa shape index (κ3) is 4.13.